The highest BCUT2D eigenvalue weighted by Gasteiger charge is 2.35. The highest BCUT2D eigenvalue weighted by atomic mass is 32.2. The first-order valence-corrected chi connectivity index (χ1v) is 11.3. The van der Waals surface area contributed by atoms with Gasteiger partial charge in [-0.2, -0.15) is 17.0 Å². The molecule has 30 heavy (non-hydrogen) atoms. The Hall–Kier alpha value is -2.14. The molecule has 0 aliphatic carbocycles. The Kier molecular flexibility index (Phi) is 7.02. The summed E-state index contributed by atoms with van der Waals surface area (Å²) in [5.74, 6) is 0.0999. The van der Waals surface area contributed by atoms with Gasteiger partial charge >= 0.3 is 0 Å². The highest BCUT2D eigenvalue weighted by molar-refractivity contribution is 7.86. The van der Waals surface area contributed by atoms with Gasteiger partial charge in [-0.15, -0.1) is 0 Å². The third-order valence-electron chi connectivity index (χ3n) is 5.03. The van der Waals surface area contributed by atoms with Crippen LogP contribution in [0.25, 0.3) is 11.1 Å². The molecule has 2 aromatic rings. The van der Waals surface area contributed by atoms with E-state index in [1.54, 1.807) is 23.2 Å². The van der Waals surface area contributed by atoms with Crippen molar-refractivity contribution in [1.82, 2.24) is 18.6 Å². The van der Waals surface area contributed by atoms with Crippen molar-refractivity contribution in [3.63, 3.8) is 0 Å². The maximum atomic E-state index is 13.8. The Morgan fingerprint density at radius 2 is 2.00 bits per heavy atom. The highest BCUT2D eigenvalue weighted by Crippen LogP contribution is 2.32. The standard InChI is InChI=1S/C20H28FN5O3S/c1-5-25(6-2)30(27,28)26-10-11-29-18(14-26)19-17(13-22-20(23-19)24(3)4)15-8-7-9-16(21)12-15/h7-9,12-13,18H,5-6,10-11,14H2,1-4H3. The van der Waals surface area contributed by atoms with Crippen LogP contribution in [0, 0.1) is 5.82 Å². The Balaban J connectivity index is 2.02. The Bertz CT molecular complexity index is 982. The largest absolute Gasteiger partial charge is 0.369 e. The first-order valence-electron chi connectivity index (χ1n) is 9.94. The van der Waals surface area contributed by atoms with Crippen LogP contribution in [0.5, 0.6) is 0 Å². The van der Waals surface area contributed by atoms with Gasteiger partial charge in [-0.3, -0.25) is 0 Å². The van der Waals surface area contributed by atoms with Crippen LogP contribution in [0.2, 0.25) is 0 Å². The van der Waals surface area contributed by atoms with Gasteiger partial charge < -0.3 is 9.64 Å². The van der Waals surface area contributed by atoms with Crippen molar-refractivity contribution < 1.29 is 17.5 Å². The number of halogens is 1. The van der Waals surface area contributed by atoms with Crippen LogP contribution in [-0.4, -0.2) is 73.9 Å². The average Bonchev–Trinajstić information content (AvgIpc) is 2.74. The molecule has 0 radical (unpaired) electrons. The van der Waals surface area contributed by atoms with Gasteiger partial charge in [-0.25, -0.2) is 14.4 Å². The first-order chi connectivity index (χ1) is 14.3. The second-order valence-electron chi connectivity index (χ2n) is 7.18. The van der Waals surface area contributed by atoms with Crippen molar-refractivity contribution in [2.45, 2.75) is 20.0 Å². The topological polar surface area (TPSA) is 78.9 Å². The van der Waals surface area contributed by atoms with E-state index in [1.807, 2.05) is 27.9 Å². The summed E-state index contributed by atoms with van der Waals surface area (Å²) in [6.45, 7) is 5.07. The Morgan fingerprint density at radius 1 is 1.27 bits per heavy atom. The number of hydrogen-bond donors (Lipinski definition) is 0. The van der Waals surface area contributed by atoms with Gasteiger partial charge in [0.05, 0.1) is 12.3 Å². The van der Waals surface area contributed by atoms with E-state index in [1.165, 1.54) is 20.7 Å². The third-order valence-corrected chi connectivity index (χ3v) is 7.19. The van der Waals surface area contributed by atoms with Crippen molar-refractivity contribution in [1.29, 1.82) is 0 Å². The molecule has 0 bridgehead atoms. The van der Waals surface area contributed by atoms with E-state index in [2.05, 4.69) is 9.97 Å². The van der Waals surface area contributed by atoms with Crippen LogP contribution in [0.3, 0.4) is 0 Å². The van der Waals surface area contributed by atoms with Crippen molar-refractivity contribution in [3.8, 4) is 11.1 Å². The summed E-state index contributed by atoms with van der Waals surface area (Å²) in [5, 5.41) is 0. The van der Waals surface area contributed by atoms with E-state index < -0.39 is 16.3 Å². The lowest BCUT2D eigenvalue weighted by Gasteiger charge is -2.35. The smallest absolute Gasteiger partial charge is 0.282 e. The molecule has 1 fully saturated rings. The molecule has 1 aliphatic heterocycles. The minimum Gasteiger partial charge on any atom is -0.369 e. The number of morpholine rings is 1. The minimum absolute atomic E-state index is 0.130. The van der Waals surface area contributed by atoms with Gasteiger partial charge in [-0.1, -0.05) is 26.0 Å². The average molecular weight is 438 g/mol. The summed E-state index contributed by atoms with van der Waals surface area (Å²) in [5.41, 5.74) is 1.77. The Labute approximate surface area is 177 Å². The number of benzene rings is 1. The third kappa shape index (κ3) is 4.61. The number of nitrogens with zero attached hydrogens (tertiary/aromatic N) is 5. The van der Waals surface area contributed by atoms with Gasteiger partial charge in [0.15, 0.2) is 0 Å². The molecular formula is C20H28FN5O3S. The molecular weight excluding hydrogens is 409 g/mol. The van der Waals surface area contributed by atoms with E-state index in [0.29, 0.717) is 35.9 Å². The lowest BCUT2D eigenvalue weighted by atomic mass is 10.0. The summed E-state index contributed by atoms with van der Waals surface area (Å²) in [7, 11) is 0.0356. The molecule has 2 heterocycles. The molecule has 1 saturated heterocycles. The van der Waals surface area contributed by atoms with Crippen molar-refractivity contribution in [3.05, 3.63) is 42.0 Å². The minimum atomic E-state index is -3.60. The van der Waals surface area contributed by atoms with Gasteiger partial charge in [0.2, 0.25) is 5.95 Å². The maximum Gasteiger partial charge on any atom is 0.282 e. The number of anilines is 1. The lowest BCUT2D eigenvalue weighted by Crippen LogP contribution is -2.49. The summed E-state index contributed by atoms with van der Waals surface area (Å²) in [6, 6.07) is 6.17. The zero-order valence-corrected chi connectivity index (χ0v) is 18.6. The second-order valence-corrected chi connectivity index (χ2v) is 9.11. The SMILES string of the molecule is CCN(CC)S(=O)(=O)N1CCOC(c2nc(N(C)C)ncc2-c2cccc(F)c2)C1. The molecule has 1 atom stereocenters. The zero-order valence-electron chi connectivity index (χ0n) is 17.7. The fraction of sp³-hybridized carbons (Fsp3) is 0.500. The summed E-state index contributed by atoms with van der Waals surface area (Å²) in [4.78, 5) is 10.8. The number of rotatable bonds is 7. The fourth-order valence-electron chi connectivity index (χ4n) is 3.44. The molecule has 0 amide bonds. The lowest BCUT2D eigenvalue weighted by molar-refractivity contribution is -0.00626. The Morgan fingerprint density at radius 3 is 2.63 bits per heavy atom. The summed E-state index contributed by atoms with van der Waals surface area (Å²) >= 11 is 0. The molecule has 0 N–H and O–H groups in total. The van der Waals surface area contributed by atoms with Crippen molar-refractivity contribution in [2.75, 3.05) is 51.8 Å². The molecule has 1 aromatic carbocycles. The molecule has 10 heteroatoms. The van der Waals surface area contributed by atoms with Crippen molar-refractivity contribution >= 4 is 16.2 Å². The molecule has 0 saturated carbocycles. The summed E-state index contributed by atoms with van der Waals surface area (Å²) < 4.78 is 48.6. The maximum absolute atomic E-state index is 13.8. The van der Waals surface area contributed by atoms with Gasteiger partial charge in [-0.05, 0) is 17.7 Å². The number of ether oxygens (including phenoxy) is 1. The van der Waals surface area contributed by atoms with E-state index in [4.69, 9.17) is 4.74 Å². The molecule has 1 aliphatic rings. The van der Waals surface area contributed by atoms with Crippen LogP contribution in [-0.2, 0) is 14.9 Å². The molecule has 3 rings (SSSR count). The van der Waals surface area contributed by atoms with Crippen LogP contribution in [0.15, 0.2) is 30.5 Å². The molecule has 0 spiro atoms. The molecule has 1 aromatic heterocycles. The van der Waals surface area contributed by atoms with Crippen LogP contribution in [0.4, 0.5) is 10.3 Å². The normalized spacial score (nSPS) is 18.0. The van der Waals surface area contributed by atoms with Gasteiger partial charge in [0, 0.05) is 52.0 Å². The monoisotopic (exact) mass is 437 g/mol. The molecule has 8 nitrogen and oxygen atoms in total. The summed E-state index contributed by atoms with van der Waals surface area (Å²) in [6.07, 6.45) is 1.04. The van der Waals surface area contributed by atoms with E-state index in [0.717, 1.165) is 0 Å². The van der Waals surface area contributed by atoms with Gasteiger partial charge in [0.25, 0.3) is 10.2 Å². The van der Waals surface area contributed by atoms with Gasteiger partial charge in [0.1, 0.15) is 11.9 Å². The van der Waals surface area contributed by atoms with E-state index in [-0.39, 0.29) is 25.5 Å². The van der Waals surface area contributed by atoms with E-state index in [9.17, 15) is 12.8 Å². The predicted molar refractivity (Wildman–Crippen MR) is 114 cm³/mol. The zero-order chi connectivity index (χ0) is 21.9. The van der Waals surface area contributed by atoms with Crippen LogP contribution >= 0.6 is 0 Å². The molecule has 164 valence electrons. The predicted octanol–water partition coefficient (Wildman–Crippen LogP) is 2.31. The van der Waals surface area contributed by atoms with Crippen LogP contribution in [0.1, 0.15) is 25.6 Å². The van der Waals surface area contributed by atoms with Crippen molar-refractivity contribution in [2.24, 2.45) is 0 Å². The fourth-order valence-corrected chi connectivity index (χ4v) is 5.05. The first kappa shape index (κ1) is 22.5. The number of hydrogen-bond acceptors (Lipinski definition) is 6. The molecule has 1 unspecified atom stereocenters. The number of aromatic nitrogens is 2. The quantitative estimate of drug-likeness (QED) is 0.662. The van der Waals surface area contributed by atoms with Crippen LogP contribution < -0.4 is 4.90 Å². The second kappa shape index (κ2) is 9.34. The van der Waals surface area contributed by atoms with E-state index >= 15 is 0 Å².